The van der Waals surface area contributed by atoms with Gasteiger partial charge in [-0.3, -0.25) is 9.69 Å². The van der Waals surface area contributed by atoms with E-state index >= 15 is 0 Å². The van der Waals surface area contributed by atoms with E-state index in [0.29, 0.717) is 40.9 Å². The second-order valence-electron chi connectivity index (χ2n) is 9.27. The van der Waals surface area contributed by atoms with E-state index in [1.807, 2.05) is 0 Å². The molecule has 3 atom stereocenters. The van der Waals surface area contributed by atoms with Crippen molar-refractivity contribution in [3.63, 3.8) is 0 Å². The minimum Gasteiger partial charge on any atom is -0.473 e. The molecule has 1 spiro atoms. The maximum Gasteiger partial charge on any atom is 0.218 e. The first-order chi connectivity index (χ1) is 15.0. The van der Waals surface area contributed by atoms with Crippen LogP contribution in [0.5, 0.6) is 5.88 Å². The van der Waals surface area contributed by atoms with Gasteiger partial charge in [-0.25, -0.2) is 4.98 Å². The zero-order valence-corrected chi connectivity index (χ0v) is 19.0. The van der Waals surface area contributed by atoms with E-state index in [1.165, 1.54) is 6.42 Å². The summed E-state index contributed by atoms with van der Waals surface area (Å²) < 4.78 is 11.9. The van der Waals surface area contributed by atoms with Gasteiger partial charge in [-0.2, -0.15) is 4.98 Å². The molecule has 31 heavy (non-hydrogen) atoms. The summed E-state index contributed by atoms with van der Waals surface area (Å²) in [5.41, 5.74) is 1.26. The summed E-state index contributed by atoms with van der Waals surface area (Å²) in [6, 6.07) is 2.00. The third-order valence-electron chi connectivity index (χ3n) is 7.36. The Hall–Kier alpha value is -1.99. The van der Waals surface area contributed by atoms with Crippen molar-refractivity contribution < 1.29 is 14.1 Å². The number of fused-ring (bicyclic) bond motifs is 2. The van der Waals surface area contributed by atoms with Crippen LogP contribution in [-0.2, 0) is 16.6 Å². The van der Waals surface area contributed by atoms with E-state index < -0.39 is 5.41 Å². The largest absolute Gasteiger partial charge is 0.473 e. The van der Waals surface area contributed by atoms with Gasteiger partial charge in [-0.05, 0) is 65.5 Å². The highest BCUT2D eigenvalue weighted by atomic mass is 35.5. The SMILES string of the molecule is C[C@H](Oc1cc(Cl)nc(-c2onc3c2CCC[C@@]32CCCCC2=O)n1)[C@@H]1CCCN1C. The first kappa shape index (κ1) is 20.9. The van der Waals surface area contributed by atoms with Crippen LogP contribution < -0.4 is 4.74 Å². The Labute approximate surface area is 187 Å². The smallest absolute Gasteiger partial charge is 0.218 e. The van der Waals surface area contributed by atoms with Crippen molar-refractivity contribution >= 4 is 17.4 Å². The summed E-state index contributed by atoms with van der Waals surface area (Å²) in [6.07, 6.45) is 8.34. The molecule has 2 aromatic heterocycles. The minimum atomic E-state index is -0.493. The quantitative estimate of drug-likeness (QED) is 0.648. The van der Waals surface area contributed by atoms with Gasteiger partial charge in [-0.1, -0.05) is 23.2 Å². The van der Waals surface area contributed by atoms with E-state index in [4.69, 9.17) is 20.9 Å². The molecule has 2 aromatic rings. The number of carbonyl (C=O) groups excluding carboxylic acids is 1. The molecule has 3 heterocycles. The van der Waals surface area contributed by atoms with Gasteiger partial charge in [0.25, 0.3) is 0 Å². The zero-order valence-electron chi connectivity index (χ0n) is 18.2. The number of halogens is 1. The number of Topliss-reactive ketones (excluding diaryl/α,β-unsaturated/α-hetero) is 1. The molecule has 0 amide bonds. The normalized spacial score (nSPS) is 27.5. The Morgan fingerprint density at radius 3 is 2.84 bits per heavy atom. The average Bonchev–Trinajstić information content (AvgIpc) is 3.37. The van der Waals surface area contributed by atoms with Crippen molar-refractivity contribution in [1.29, 1.82) is 0 Å². The average molecular weight is 445 g/mol. The number of rotatable bonds is 4. The maximum atomic E-state index is 12.9. The lowest BCUT2D eigenvalue weighted by atomic mass is 9.64. The molecule has 166 valence electrons. The molecule has 5 rings (SSSR count). The van der Waals surface area contributed by atoms with Gasteiger partial charge in [-0.15, -0.1) is 0 Å². The van der Waals surface area contributed by atoms with Gasteiger partial charge in [0.2, 0.25) is 17.5 Å². The summed E-state index contributed by atoms with van der Waals surface area (Å²) >= 11 is 6.33. The number of ketones is 1. The van der Waals surface area contributed by atoms with Crippen LogP contribution in [0.15, 0.2) is 10.6 Å². The van der Waals surface area contributed by atoms with Crippen LogP contribution in [0, 0.1) is 0 Å². The number of hydrogen-bond donors (Lipinski definition) is 0. The van der Waals surface area contributed by atoms with E-state index in [1.54, 1.807) is 6.07 Å². The summed E-state index contributed by atoms with van der Waals surface area (Å²) in [7, 11) is 2.12. The third-order valence-corrected chi connectivity index (χ3v) is 7.56. The van der Waals surface area contributed by atoms with Gasteiger partial charge in [0.05, 0.1) is 5.41 Å². The molecule has 0 bridgehead atoms. The van der Waals surface area contributed by atoms with Crippen molar-refractivity contribution in [3.05, 3.63) is 22.5 Å². The molecule has 2 fully saturated rings. The van der Waals surface area contributed by atoms with Crippen LogP contribution in [0.2, 0.25) is 5.15 Å². The molecule has 0 N–H and O–H groups in total. The lowest BCUT2D eigenvalue weighted by molar-refractivity contribution is -0.127. The van der Waals surface area contributed by atoms with E-state index in [9.17, 15) is 4.79 Å². The van der Waals surface area contributed by atoms with Gasteiger partial charge >= 0.3 is 0 Å². The standard InChI is InChI=1S/C23H29ClN4O3/c1-14(16-8-6-12-28(16)2)30-19-13-18(24)25-22(26-19)20-15-7-5-11-23(21(15)27-31-20)10-4-3-9-17(23)29/h13-14,16H,3-12H2,1-2H3/t14-,16-,23+/m0/s1. The van der Waals surface area contributed by atoms with E-state index in [-0.39, 0.29) is 6.10 Å². The van der Waals surface area contributed by atoms with Gasteiger partial charge in [0.15, 0.2) is 0 Å². The number of aromatic nitrogens is 3. The van der Waals surface area contributed by atoms with E-state index in [0.717, 1.165) is 62.7 Å². The number of nitrogens with zero attached hydrogens (tertiary/aromatic N) is 4. The Morgan fingerprint density at radius 1 is 1.23 bits per heavy atom. The molecule has 0 unspecified atom stereocenters. The third kappa shape index (κ3) is 3.65. The summed E-state index contributed by atoms with van der Waals surface area (Å²) in [4.78, 5) is 24.2. The summed E-state index contributed by atoms with van der Waals surface area (Å²) in [5, 5.41) is 4.69. The Kier molecular flexibility index (Phi) is 5.51. The zero-order chi connectivity index (χ0) is 21.6. The molecule has 1 saturated heterocycles. The van der Waals surface area contributed by atoms with Crippen LogP contribution in [0.4, 0.5) is 0 Å². The Bertz CT molecular complexity index is 993. The highest BCUT2D eigenvalue weighted by Gasteiger charge is 2.47. The molecule has 7 nitrogen and oxygen atoms in total. The second-order valence-corrected chi connectivity index (χ2v) is 9.66. The molecule has 1 aliphatic heterocycles. The molecule has 1 saturated carbocycles. The highest BCUT2D eigenvalue weighted by molar-refractivity contribution is 6.29. The van der Waals surface area contributed by atoms with Crippen molar-refractivity contribution in [2.24, 2.45) is 0 Å². The molecular weight excluding hydrogens is 416 g/mol. The first-order valence-electron chi connectivity index (χ1n) is 11.4. The lowest BCUT2D eigenvalue weighted by Gasteiger charge is -2.37. The molecule has 3 aliphatic rings. The molecular formula is C23H29ClN4O3. The van der Waals surface area contributed by atoms with Gasteiger partial charge in [0, 0.05) is 24.1 Å². The number of carbonyl (C=O) groups is 1. The second kappa shape index (κ2) is 8.17. The maximum absolute atomic E-state index is 12.9. The summed E-state index contributed by atoms with van der Waals surface area (Å²) in [6.45, 7) is 3.15. The van der Waals surface area contributed by atoms with Crippen molar-refractivity contribution in [1.82, 2.24) is 20.0 Å². The minimum absolute atomic E-state index is 0.0157. The molecule has 0 radical (unpaired) electrons. The van der Waals surface area contributed by atoms with Crippen LogP contribution in [-0.4, -0.2) is 51.5 Å². The lowest BCUT2D eigenvalue weighted by Crippen LogP contribution is -2.41. The van der Waals surface area contributed by atoms with Crippen molar-refractivity contribution in [2.45, 2.75) is 82.3 Å². The molecule has 0 aromatic carbocycles. The van der Waals surface area contributed by atoms with Gasteiger partial charge in [0.1, 0.15) is 22.7 Å². The topological polar surface area (TPSA) is 81.3 Å². The predicted octanol–water partition coefficient (Wildman–Crippen LogP) is 4.36. The monoisotopic (exact) mass is 444 g/mol. The predicted molar refractivity (Wildman–Crippen MR) is 116 cm³/mol. The molecule has 2 aliphatic carbocycles. The number of hydrogen-bond acceptors (Lipinski definition) is 7. The van der Waals surface area contributed by atoms with Crippen molar-refractivity contribution in [3.8, 4) is 17.5 Å². The van der Waals surface area contributed by atoms with Crippen molar-refractivity contribution in [2.75, 3.05) is 13.6 Å². The first-order valence-corrected chi connectivity index (χ1v) is 11.8. The number of ether oxygens (including phenoxy) is 1. The molecule has 8 heteroatoms. The Morgan fingerprint density at radius 2 is 2.06 bits per heavy atom. The number of likely N-dealkylation sites (tertiary alicyclic amines) is 1. The fourth-order valence-electron chi connectivity index (χ4n) is 5.74. The fourth-order valence-corrected chi connectivity index (χ4v) is 5.91. The summed E-state index contributed by atoms with van der Waals surface area (Å²) in [5.74, 6) is 1.63. The fraction of sp³-hybridized carbons (Fsp3) is 0.652. The van der Waals surface area contributed by atoms with Crippen LogP contribution in [0.3, 0.4) is 0 Å². The van der Waals surface area contributed by atoms with Crippen LogP contribution in [0.25, 0.3) is 11.6 Å². The van der Waals surface area contributed by atoms with Crippen LogP contribution in [0.1, 0.15) is 69.5 Å². The van der Waals surface area contributed by atoms with Crippen LogP contribution >= 0.6 is 11.6 Å². The van der Waals surface area contributed by atoms with Gasteiger partial charge < -0.3 is 9.26 Å². The Balaban J connectivity index is 1.46. The highest BCUT2D eigenvalue weighted by Crippen LogP contribution is 2.47. The number of likely N-dealkylation sites (N-methyl/N-ethyl adjacent to an activating group) is 1. The van der Waals surface area contributed by atoms with E-state index in [2.05, 4.69) is 34.0 Å².